The van der Waals surface area contributed by atoms with Gasteiger partial charge in [-0.2, -0.15) is 0 Å². The molecular formula is C15H16ClN3OS. The van der Waals surface area contributed by atoms with Gasteiger partial charge < -0.3 is 5.32 Å². The average molecular weight is 322 g/mol. The number of carbonyl (C=O) groups is 1. The molecule has 0 unspecified atom stereocenters. The highest BCUT2D eigenvalue weighted by Crippen LogP contribution is 2.22. The molecule has 0 spiro atoms. The maximum absolute atomic E-state index is 12.2. The lowest BCUT2D eigenvalue weighted by molar-refractivity contribution is -0.115. The van der Waals surface area contributed by atoms with Gasteiger partial charge in [-0.15, -0.1) is 0 Å². The molecule has 110 valence electrons. The van der Waals surface area contributed by atoms with Crippen LogP contribution in [-0.4, -0.2) is 21.1 Å². The standard InChI is InChI=1S/C15H16ClN3OS/c1-9-7-10(2)18-15(17-9)21-11(3)14(20)19-13-6-4-5-12(16)8-13/h4-8,11H,1-3H3,(H,19,20)/t11-/m1/s1. The molecule has 1 atom stereocenters. The van der Waals surface area contributed by atoms with E-state index in [4.69, 9.17) is 11.6 Å². The van der Waals surface area contributed by atoms with Crippen molar-refractivity contribution < 1.29 is 4.79 Å². The molecule has 0 fully saturated rings. The van der Waals surface area contributed by atoms with Crippen molar-refractivity contribution in [2.75, 3.05) is 5.32 Å². The summed E-state index contributed by atoms with van der Waals surface area (Å²) < 4.78 is 0. The number of aryl methyl sites for hydroxylation is 2. The summed E-state index contributed by atoms with van der Waals surface area (Å²) in [5.74, 6) is -0.106. The molecule has 0 bridgehead atoms. The van der Waals surface area contributed by atoms with Crippen molar-refractivity contribution in [2.45, 2.75) is 31.2 Å². The van der Waals surface area contributed by atoms with Crippen LogP contribution in [0.4, 0.5) is 5.69 Å². The van der Waals surface area contributed by atoms with Crippen molar-refractivity contribution in [2.24, 2.45) is 0 Å². The quantitative estimate of drug-likeness (QED) is 0.686. The van der Waals surface area contributed by atoms with Crippen molar-refractivity contribution in [3.63, 3.8) is 0 Å². The predicted molar refractivity (Wildman–Crippen MR) is 86.9 cm³/mol. The highest BCUT2D eigenvalue weighted by Gasteiger charge is 2.16. The molecule has 1 aromatic carbocycles. The summed E-state index contributed by atoms with van der Waals surface area (Å²) in [6.07, 6.45) is 0. The molecule has 2 aromatic rings. The number of anilines is 1. The Balaban J connectivity index is 2.02. The van der Waals surface area contributed by atoms with Crippen LogP contribution in [0.15, 0.2) is 35.5 Å². The van der Waals surface area contributed by atoms with E-state index in [0.717, 1.165) is 11.4 Å². The van der Waals surface area contributed by atoms with Crippen LogP contribution in [0.1, 0.15) is 18.3 Å². The minimum absolute atomic E-state index is 0.106. The van der Waals surface area contributed by atoms with Crippen LogP contribution in [0.25, 0.3) is 0 Å². The Morgan fingerprint density at radius 2 is 1.90 bits per heavy atom. The number of halogens is 1. The fourth-order valence-corrected chi connectivity index (χ4v) is 2.83. The molecule has 0 saturated heterocycles. The summed E-state index contributed by atoms with van der Waals surface area (Å²) >= 11 is 7.23. The van der Waals surface area contributed by atoms with Crippen LogP contribution in [0.5, 0.6) is 0 Å². The number of aromatic nitrogens is 2. The Hall–Kier alpha value is -1.59. The largest absolute Gasteiger partial charge is 0.325 e. The van der Waals surface area contributed by atoms with Gasteiger partial charge in [0.05, 0.1) is 5.25 Å². The lowest BCUT2D eigenvalue weighted by Gasteiger charge is -2.11. The minimum Gasteiger partial charge on any atom is -0.325 e. The Kier molecular flexibility index (Phi) is 5.20. The molecule has 1 amide bonds. The smallest absolute Gasteiger partial charge is 0.237 e. The first-order valence-electron chi connectivity index (χ1n) is 6.49. The van der Waals surface area contributed by atoms with Gasteiger partial charge in [0, 0.05) is 22.1 Å². The number of benzene rings is 1. The maximum atomic E-state index is 12.2. The van der Waals surface area contributed by atoms with Crippen LogP contribution in [-0.2, 0) is 4.79 Å². The van der Waals surface area contributed by atoms with Gasteiger partial charge in [-0.1, -0.05) is 29.4 Å². The first-order chi connectivity index (χ1) is 9.94. The number of hydrogen-bond acceptors (Lipinski definition) is 4. The third-order valence-electron chi connectivity index (χ3n) is 2.71. The number of nitrogens with zero attached hydrogens (tertiary/aromatic N) is 2. The predicted octanol–water partition coefficient (Wildman–Crippen LogP) is 3.87. The van der Waals surface area contributed by atoms with E-state index in [0.29, 0.717) is 15.9 Å². The van der Waals surface area contributed by atoms with Crippen molar-refractivity contribution in [1.29, 1.82) is 0 Å². The number of carbonyl (C=O) groups excluding carboxylic acids is 1. The van der Waals surface area contributed by atoms with E-state index in [1.807, 2.05) is 26.8 Å². The number of hydrogen-bond donors (Lipinski definition) is 1. The number of rotatable bonds is 4. The second kappa shape index (κ2) is 6.91. The fourth-order valence-electron chi connectivity index (χ4n) is 1.77. The molecule has 4 nitrogen and oxygen atoms in total. The zero-order valence-corrected chi connectivity index (χ0v) is 13.6. The van der Waals surface area contributed by atoms with Gasteiger partial charge in [0.2, 0.25) is 5.91 Å². The number of thioether (sulfide) groups is 1. The van der Waals surface area contributed by atoms with Crippen LogP contribution >= 0.6 is 23.4 Å². The summed E-state index contributed by atoms with van der Waals surface area (Å²) in [5, 5.41) is 3.73. The molecular weight excluding hydrogens is 306 g/mol. The van der Waals surface area contributed by atoms with Crippen LogP contribution in [0, 0.1) is 13.8 Å². The molecule has 6 heteroatoms. The molecule has 1 heterocycles. The average Bonchev–Trinajstić information content (AvgIpc) is 2.37. The van der Waals surface area contributed by atoms with E-state index in [1.54, 1.807) is 24.3 Å². The lowest BCUT2D eigenvalue weighted by Crippen LogP contribution is -2.22. The van der Waals surface area contributed by atoms with E-state index < -0.39 is 0 Å². The topological polar surface area (TPSA) is 54.9 Å². The third kappa shape index (κ3) is 4.72. The Morgan fingerprint density at radius 3 is 2.52 bits per heavy atom. The second-order valence-electron chi connectivity index (χ2n) is 4.69. The van der Waals surface area contributed by atoms with Crippen molar-refractivity contribution in [3.05, 3.63) is 46.7 Å². The molecule has 2 rings (SSSR count). The Bertz CT molecular complexity index is 643. The zero-order chi connectivity index (χ0) is 15.4. The summed E-state index contributed by atoms with van der Waals surface area (Å²) in [6, 6.07) is 8.97. The molecule has 0 saturated carbocycles. The SMILES string of the molecule is Cc1cc(C)nc(S[C@H](C)C(=O)Nc2cccc(Cl)c2)n1. The van der Waals surface area contributed by atoms with Crippen molar-refractivity contribution in [1.82, 2.24) is 9.97 Å². The van der Waals surface area contributed by atoms with E-state index >= 15 is 0 Å². The van der Waals surface area contributed by atoms with Crippen LogP contribution < -0.4 is 5.32 Å². The summed E-state index contributed by atoms with van der Waals surface area (Å²) in [6.45, 7) is 5.65. The van der Waals surface area contributed by atoms with Gasteiger partial charge in [-0.25, -0.2) is 9.97 Å². The molecule has 0 radical (unpaired) electrons. The van der Waals surface area contributed by atoms with Crippen LogP contribution in [0.3, 0.4) is 0 Å². The minimum atomic E-state index is -0.301. The van der Waals surface area contributed by atoms with Crippen molar-refractivity contribution in [3.8, 4) is 0 Å². The highest BCUT2D eigenvalue weighted by atomic mass is 35.5. The van der Waals surface area contributed by atoms with E-state index in [-0.39, 0.29) is 11.2 Å². The molecule has 1 aromatic heterocycles. The van der Waals surface area contributed by atoms with Gasteiger partial charge in [0.1, 0.15) is 0 Å². The van der Waals surface area contributed by atoms with Gasteiger partial charge in [0.15, 0.2) is 5.16 Å². The van der Waals surface area contributed by atoms with Crippen molar-refractivity contribution >= 4 is 35.0 Å². The second-order valence-corrected chi connectivity index (χ2v) is 6.44. The normalized spacial score (nSPS) is 12.0. The van der Waals surface area contributed by atoms with Gasteiger partial charge >= 0.3 is 0 Å². The van der Waals surface area contributed by atoms with Gasteiger partial charge in [-0.3, -0.25) is 4.79 Å². The third-order valence-corrected chi connectivity index (χ3v) is 3.90. The zero-order valence-electron chi connectivity index (χ0n) is 12.1. The molecule has 0 aliphatic carbocycles. The van der Waals surface area contributed by atoms with Gasteiger partial charge in [-0.05, 0) is 45.0 Å². The summed E-state index contributed by atoms with van der Waals surface area (Å²) in [5.41, 5.74) is 2.47. The molecule has 0 aliphatic rings. The monoisotopic (exact) mass is 321 g/mol. The van der Waals surface area contributed by atoms with Crippen LogP contribution in [0.2, 0.25) is 5.02 Å². The van der Waals surface area contributed by atoms with E-state index in [9.17, 15) is 4.79 Å². The summed E-state index contributed by atoms with van der Waals surface area (Å²) in [7, 11) is 0. The number of nitrogens with one attached hydrogen (secondary N) is 1. The molecule has 0 aliphatic heterocycles. The van der Waals surface area contributed by atoms with E-state index in [2.05, 4.69) is 15.3 Å². The number of amides is 1. The fraction of sp³-hybridized carbons (Fsp3) is 0.267. The molecule has 1 N–H and O–H groups in total. The Labute approximate surface area is 133 Å². The highest BCUT2D eigenvalue weighted by molar-refractivity contribution is 8.00. The van der Waals surface area contributed by atoms with E-state index in [1.165, 1.54) is 11.8 Å². The lowest BCUT2D eigenvalue weighted by atomic mass is 10.3. The Morgan fingerprint density at radius 1 is 1.24 bits per heavy atom. The first kappa shape index (κ1) is 15.8. The molecule has 21 heavy (non-hydrogen) atoms. The maximum Gasteiger partial charge on any atom is 0.237 e. The first-order valence-corrected chi connectivity index (χ1v) is 7.75. The summed E-state index contributed by atoms with van der Waals surface area (Å²) in [4.78, 5) is 20.8. The van der Waals surface area contributed by atoms with Gasteiger partial charge in [0.25, 0.3) is 0 Å².